The van der Waals surface area contributed by atoms with Crippen molar-refractivity contribution < 1.29 is 13.2 Å². The molecule has 1 aromatic rings. The third-order valence-corrected chi connectivity index (χ3v) is 6.10. The third kappa shape index (κ3) is 4.13. The first-order chi connectivity index (χ1) is 11.4. The van der Waals surface area contributed by atoms with Crippen LogP contribution in [0.2, 0.25) is 0 Å². The van der Waals surface area contributed by atoms with E-state index in [2.05, 4.69) is 0 Å². The average molecular weight is 348 g/mol. The molecule has 6 heteroatoms. The van der Waals surface area contributed by atoms with Gasteiger partial charge in [0.1, 0.15) is 0 Å². The molecule has 0 bridgehead atoms. The minimum atomic E-state index is -3.51. The fourth-order valence-electron chi connectivity index (χ4n) is 2.53. The van der Waals surface area contributed by atoms with Crippen LogP contribution in [-0.2, 0) is 14.8 Å². The zero-order chi connectivity index (χ0) is 17.7. The topological polar surface area (TPSA) is 57.7 Å². The van der Waals surface area contributed by atoms with Crippen LogP contribution in [0, 0.1) is 13.8 Å². The lowest BCUT2D eigenvalue weighted by Gasteiger charge is -2.33. The van der Waals surface area contributed by atoms with Gasteiger partial charge in [-0.05, 0) is 44.0 Å². The lowest BCUT2D eigenvalue weighted by atomic mass is 10.1. The van der Waals surface area contributed by atoms with Gasteiger partial charge in [-0.15, -0.1) is 0 Å². The van der Waals surface area contributed by atoms with Gasteiger partial charge in [0, 0.05) is 32.3 Å². The summed E-state index contributed by atoms with van der Waals surface area (Å²) in [5.74, 6) is -0.0867. The molecule has 0 aliphatic carbocycles. The second-order valence-electron chi connectivity index (χ2n) is 5.86. The molecule has 0 atom stereocenters. The van der Waals surface area contributed by atoms with E-state index in [0.717, 1.165) is 11.1 Å². The maximum absolute atomic E-state index is 12.7. The van der Waals surface area contributed by atoms with Gasteiger partial charge in [0.25, 0.3) is 0 Å². The standard InChI is InChI=1S/C18H24N2O3S/c1-4-5-6-7-18(21)19-10-12-20(13-11-19)24(22,23)17-9-8-15(2)16(3)14-17/h4-9,14H,10-13H2,1-3H3. The normalized spacial score (nSPS) is 17.0. The summed E-state index contributed by atoms with van der Waals surface area (Å²) < 4.78 is 26.9. The van der Waals surface area contributed by atoms with Crippen LogP contribution < -0.4 is 0 Å². The van der Waals surface area contributed by atoms with Crippen LogP contribution in [-0.4, -0.2) is 49.7 Å². The number of carbonyl (C=O) groups is 1. The highest BCUT2D eigenvalue weighted by Gasteiger charge is 2.29. The number of allylic oxidation sites excluding steroid dienone is 3. The zero-order valence-corrected chi connectivity index (χ0v) is 15.2. The lowest BCUT2D eigenvalue weighted by Crippen LogP contribution is -2.50. The van der Waals surface area contributed by atoms with Crippen molar-refractivity contribution in [3.63, 3.8) is 0 Å². The molecule has 0 radical (unpaired) electrons. The van der Waals surface area contributed by atoms with Crippen LogP contribution in [0.15, 0.2) is 47.4 Å². The van der Waals surface area contributed by atoms with Gasteiger partial charge >= 0.3 is 0 Å². The Morgan fingerprint density at radius 1 is 1.04 bits per heavy atom. The van der Waals surface area contributed by atoms with E-state index in [4.69, 9.17) is 0 Å². The van der Waals surface area contributed by atoms with Gasteiger partial charge in [0.2, 0.25) is 15.9 Å². The average Bonchev–Trinajstić information content (AvgIpc) is 2.57. The van der Waals surface area contributed by atoms with Crippen molar-refractivity contribution >= 4 is 15.9 Å². The number of piperazine rings is 1. The van der Waals surface area contributed by atoms with E-state index in [-0.39, 0.29) is 5.91 Å². The summed E-state index contributed by atoms with van der Waals surface area (Å²) in [6.45, 7) is 7.19. The Labute approximate surface area is 144 Å². The highest BCUT2D eigenvalue weighted by Crippen LogP contribution is 2.20. The summed E-state index contributed by atoms with van der Waals surface area (Å²) in [7, 11) is -3.51. The number of sulfonamides is 1. The lowest BCUT2D eigenvalue weighted by molar-refractivity contribution is -0.127. The van der Waals surface area contributed by atoms with Gasteiger partial charge in [-0.1, -0.05) is 24.3 Å². The summed E-state index contributed by atoms with van der Waals surface area (Å²) >= 11 is 0. The van der Waals surface area contributed by atoms with Crippen LogP contribution >= 0.6 is 0 Å². The molecule has 5 nitrogen and oxygen atoms in total. The van der Waals surface area contributed by atoms with E-state index < -0.39 is 10.0 Å². The first-order valence-electron chi connectivity index (χ1n) is 8.02. The maximum Gasteiger partial charge on any atom is 0.246 e. The first kappa shape index (κ1) is 18.4. The summed E-state index contributed by atoms with van der Waals surface area (Å²) in [5, 5.41) is 0. The second-order valence-corrected chi connectivity index (χ2v) is 7.80. The Kier molecular flexibility index (Phi) is 5.96. The number of benzene rings is 1. The van der Waals surface area contributed by atoms with Crippen LogP contribution in [0.3, 0.4) is 0 Å². The third-order valence-electron chi connectivity index (χ3n) is 4.21. The number of hydrogen-bond donors (Lipinski definition) is 0. The summed E-state index contributed by atoms with van der Waals surface area (Å²) in [6.07, 6.45) is 6.84. The van der Waals surface area contributed by atoms with Gasteiger partial charge in [0.15, 0.2) is 0 Å². The molecule has 0 saturated carbocycles. The van der Waals surface area contributed by atoms with Crippen LogP contribution in [0.4, 0.5) is 0 Å². The van der Waals surface area contributed by atoms with Gasteiger partial charge in [0.05, 0.1) is 4.90 Å². The number of amides is 1. The molecule has 0 unspecified atom stereocenters. The minimum Gasteiger partial charge on any atom is -0.337 e. The van der Waals surface area contributed by atoms with Crippen molar-refractivity contribution in [1.82, 2.24) is 9.21 Å². The molecule has 130 valence electrons. The molecule has 0 aromatic heterocycles. The van der Waals surface area contributed by atoms with E-state index >= 15 is 0 Å². The smallest absolute Gasteiger partial charge is 0.246 e. The molecule has 1 aliphatic rings. The fraction of sp³-hybridized carbons (Fsp3) is 0.389. The second kappa shape index (κ2) is 7.77. The number of hydrogen-bond acceptors (Lipinski definition) is 3. The molecule has 1 aromatic carbocycles. The Bertz CT molecular complexity index is 758. The van der Waals surface area contributed by atoms with Gasteiger partial charge < -0.3 is 4.90 Å². The SMILES string of the molecule is CC=CC=CC(=O)N1CCN(S(=O)(=O)c2ccc(C)c(C)c2)CC1. The quantitative estimate of drug-likeness (QED) is 0.619. The molecule has 1 aliphatic heterocycles. The van der Waals surface area contributed by atoms with Crippen LogP contribution in [0.5, 0.6) is 0 Å². The monoisotopic (exact) mass is 348 g/mol. The molecule has 1 amide bonds. The Balaban J connectivity index is 2.05. The van der Waals surface area contributed by atoms with E-state index in [0.29, 0.717) is 31.1 Å². The number of rotatable bonds is 4. The molecule has 0 N–H and O–H groups in total. The zero-order valence-electron chi connectivity index (χ0n) is 14.4. The molecule has 0 spiro atoms. The van der Waals surface area contributed by atoms with Crippen molar-refractivity contribution in [2.45, 2.75) is 25.7 Å². The Hall–Kier alpha value is -1.92. The highest BCUT2D eigenvalue weighted by molar-refractivity contribution is 7.89. The van der Waals surface area contributed by atoms with Crippen LogP contribution in [0.1, 0.15) is 18.1 Å². The molecule has 1 heterocycles. The molecular formula is C18H24N2O3S. The molecule has 1 saturated heterocycles. The van der Waals surface area contributed by atoms with Gasteiger partial charge in [-0.25, -0.2) is 8.42 Å². The van der Waals surface area contributed by atoms with E-state index in [1.165, 1.54) is 10.4 Å². The minimum absolute atomic E-state index is 0.0867. The van der Waals surface area contributed by atoms with Crippen molar-refractivity contribution in [1.29, 1.82) is 0 Å². The number of aryl methyl sites for hydroxylation is 2. The van der Waals surface area contributed by atoms with Crippen LogP contribution in [0.25, 0.3) is 0 Å². The number of nitrogens with zero attached hydrogens (tertiary/aromatic N) is 2. The Morgan fingerprint density at radius 2 is 1.71 bits per heavy atom. The van der Waals surface area contributed by atoms with Gasteiger partial charge in [-0.3, -0.25) is 4.79 Å². The predicted molar refractivity (Wildman–Crippen MR) is 95.2 cm³/mol. The molecule has 24 heavy (non-hydrogen) atoms. The maximum atomic E-state index is 12.7. The summed E-state index contributed by atoms with van der Waals surface area (Å²) in [5.41, 5.74) is 2.02. The molecular weight excluding hydrogens is 324 g/mol. The number of carbonyl (C=O) groups excluding carboxylic acids is 1. The van der Waals surface area contributed by atoms with Crippen molar-refractivity contribution in [3.05, 3.63) is 53.6 Å². The summed E-state index contributed by atoms with van der Waals surface area (Å²) in [6, 6.07) is 5.19. The van der Waals surface area contributed by atoms with E-state index in [1.807, 2.05) is 32.9 Å². The van der Waals surface area contributed by atoms with Gasteiger partial charge in [-0.2, -0.15) is 4.31 Å². The van der Waals surface area contributed by atoms with Crippen molar-refractivity contribution in [2.24, 2.45) is 0 Å². The van der Waals surface area contributed by atoms with E-state index in [9.17, 15) is 13.2 Å². The van der Waals surface area contributed by atoms with E-state index in [1.54, 1.807) is 29.2 Å². The van der Waals surface area contributed by atoms with Crippen molar-refractivity contribution in [2.75, 3.05) is 26.2 Å². The largest absolute Gasteiger partial charge is 0.337 e. The Morgan fingerprint density at radius 3 is 2.29 bits per heavy atom. The predicted octanol–water partition coefficient (Wildman–Crippen LogP) is 2.27. The highest BCUT2D eigenvalue weighted by atomic mass is 32.2. The first-order valence-corrected chi connectivity index (χ1v) is 9.46. The fourth-order valence-corrected chi connectivity index (χ4v) is 4.03. The molecule has 1 fully saturated rings. The summed E-state index contributed by atoms with van der Waals surface area (Å²) in [4.78, 5) is 14.0. The van der Waals surface area contributed by atoms with Crippen molar-refractivity contribution in [3.8, 4) is 0 Å². The molecule has 2 rings (SSSR count).